The van der Waals surface area contributed by atoms with Crippen LogP contribution in [0, 0.1) is 0 Å². The minimum atomic E-state index is 0.309. The lowest BCUT2D eigenvalue weighted by molar-refractivity contribution is 0.414. The van der Waals surface area contributed by atoms with Gasteiger partial charge in [0.2, 0.25) is 0 Å². The summed E-state index contributed by atoms with van der Waals surface area (Å²) in [6.07, 6.45) is 0. The Kier molecular flexibility index (Phi) is 4.73. The number of aromatic nitrogens is 2. The van der Waals surface area contributed by atoms with Gasteiger partial charge in [0.25, 0.3) is 0 Å². The van der Waals surface area contributed by atoms with Gasteiger partial charge >= 0.3 is 0 Å². The summed E-state index contributed by atoms with van der Waals surface area (Å²) in [4.78, 5) is 8.98. The van der Waals surface area contributed by atoms with E-state index in [2.05, 4.69) is 31.2 Å². The van der Waals surface area contributed by atoms with E-state index in [0.29, 0.717) is 18.9 Å². The van der Waals surface area contributed by atoms with Crippen molar-refractivity contribution in [3.8, 4) is 5.75 Å². The molecule has 0 spiro atoms. The molecule has 6 heteroatoms. The summed E-state index contributed by atoms with van der Waals surface area (Å²) in [5.74, 6) is 2.25. The van der Waals surface area contributed by atoms with Crippen molar-refractivity contribution >= 4 is 32.7 Å². The highest BCUT2D eigenvalue weighted by atomic mass is 79.9. The molecule has 0 aliphatic rings. The molecule has 2 aromatic carbocycles. The van der Waals surface area contributed by atoms with Crippen LogP contribution in [0.25, 0.3) is 10.9 Å². The number of hydrogen-bond acceptors (Lipinski definition) is 5. The van der Waals surface area contributed by atoms with Gasteiger partial charge in [-0.3, -0.25) is 0 Å². The first-order valence-corrected chi connectivity index (χ1v) is 8.02. The summed E-state index contributed by atoms with van der Waals surface area (Å²) in [6, 6.07) is 13.9. The van der Waals surface area contributed by atoms with Crippen molar-refractivity contribution in [2.75, 3.05) is 12.4 Å². The Morgan fingerprint density at radius 1 is 1.13 bits per heavy atom. The quantitative estimate of drug-likeness (QED) is 0.717. The molecule has 3 rings (SSSR count). The summed E-state index contributed by atoms with van der Waals surface area (Å²) in [7, 11) is 1.66. The summed E-state index contributed by atoms with van der Waals surface area (Å²) in [5.41, 5.74) is 7.72. The van der Waals surface area contributed by atoms with Crippen LogP contribution in [0.5, 0.6) is 5.75 Å². The Labute approximate surface area is 143 Å². The molecule has 1 aromatic heterocycles. The molecule has 0 radical (unpaired) electrons. The molecule has 1 heterocycles. The minimum Gasteiger partial charge on any atom is -0.497 e. The summed E-state index contributed by atoms with van der Waals surface area (Å²) >= 11 is 3.49. The third-order valence-electron chi connectivity index (χ3n) is 3.51. The van der Waals surface area contributed by atoms with Crippen LogP contribution in [-0.2, 0) is 13.1 Å². The predicted octanol–water partition coefficient (Wildman–Crippen LogP) is 3.47. The maximum atomic E-state index is 5.70. The molecule has 0 bridgehead atoms. The molecule has 0 fully saturated rings. The minimum absolute atomic E-state index is 0.309. The highest BCUT2D eigenvalue weighted by molar-refractivity contribution is 9.10. The average molecular weight is 373 g/mol. The molecule has 0 saturated carbocycles. The molecule has 0 unspecified atom stereocenters. The van der Waals surface area contributed by atoms with Gasteiger partial charge in [-0.2, -0.15) is 0 Å². The van der Waals surface area contributed by atoms with Crippen LogP contribution in [0.1, 0.15) is 11.4 Å². The lowest BCUT2D eigenvalue weighted by atomic mass is 10.2. The number of ether oxygens (including phenoxy) is 1. The van der Waals surface area contributed by atoms with E-state index in [1.165, 1.54) is 0 Å². The van der Waals surface area contributed by atoms with Crippen LogP contribution in [0.3, 0.4) is 0 Å². The Bertz CT molecular complexity index is 821. The van der Waals surface area contributed by atoms with E-state index >= 15 is 0 Å². The van der Waals surface area contributed by atoms with Crippen LogP contribution in [-0.4, -0.2) is 17.1 Å². The SMILES string of the molecule is COc1ccc(CNc2nc(CN)nc3ccc(Br)cc23)cc1. The third-order valence-corrected chi connectivity index (χ3v) is 4.00. The first-order chi connectivity index (χ1) is 11.2. The van der Waals surface area contributed by atoms with Gasteiger partial charge in [0.05, 0.1) is 19.2 Å². The number of anilines is 1. The monoisotopic (exact) mass is 372 g/mol. The zero-order chi connectivity index (χ0) is 16.2. The fourth-order valence-electron chi connectivity index (χ4n) is 2.30. The van der Waals surface area contributed by atoms with E-state index in [4.69, 9.17) is 10.5 Å². The van der Waals surface area contributed by atoms with E-state index in [1.54, 1.807) is 7.11 Å². The fraction of sp³-hybridized carbons (Fsp3) is 0.176. The van der Waals surface area contributed by atoms with Crippen molar-refractivity contribution in [1.82, 2.24) is 9.97 Å². The molecule has 0 aliphatic heterocycles. The summed E-state index contributed by atoms with van der Waals surface area (Å²) in [5, 5.41) is 4.34. The fourth-order valence-corrected chi connectivity index (χ4v) is 2.67. The molecule has 0 atom stereocenters. The van der Waals surface area contributed by atoms with Gasteiger partial charge in [-0.1, -0.05) is 28.1 Å². The Balaban J connectivity index is 1.89. The zero-order valence-corrected chi connectivity index (χ0v) is 14.3. The highest BCUT2D eigenvalue weighted by Crippen LogP contribution is 2.25. The first-order valence-electron chi connectivity index (χ1n) is 7.22. The van der Waals surface area contributed by atoms with Crippen molar-refractivity contribution in [3.63, 3.8) is 0 Å². The largest absolute Gasteiger partial charge is 0.497 e. The smallest absolute Gasteiger partial charge is 0.144 e. The Hall–Kier alpha value is -2.18. The maximum absolute atomic E-state index is 5.70. The van der Waals surface area contributed by atoms with E-state index in [9.17, 15) is 0 Å². The van der Waals surface area contributed by atoms with Crippen molar-refractivity contribution in [2.24, 2.45) is 5.73 Å². The van der Waals surface area contributed by atoms with Crippen LogP contribution in [0.2, 0.25) is 0 Å². The zero-order valence-electron chi connectivity index (χ0n) is 12.7. The topological polar surface area (TPSA) is 73.1 Å². The van der Waals surface area contributed by atoms with E-state index in [1.807, 2.05) is 42.5 Å². The number of nitrogens with zero attached hydrogens (tertiary/aromatic N) is 2. The molecule has 0 saturated heterocycles. The second-order valence-corrected chi connectivity index (χ2v) is 5.97. The molecule has 3 N–H and O–H groups in total. The number of methoxy groups -OCH3 is 1. The maximum Gasteiger partial charge on any atom is 0.144 e. The molecular formula is C17H17BrN4O. The van der Waals surface area contributed by atoms with E-state index in [-0.39, 0.29) is 0 Å². The third kappa shape index (κ3) is 3.60. The Morgan fingerprint density at radius 2 is 1.91 bits per heavy atom. The molecule has 118 valence electrons. The lowest BCUT2D eigenvalue weighted by Gasteiger charge is -2.11. The van der Waals surface area contributed by atoms with Crippen molar-refractivity contribution in [1.29, 1.82) is 0 Å². The van der Waals surface area contributed by atoms with Crippen molar-refractivity contribution in [2.45, 2.75) is 13.1 Å². The second kappa shape index (κ2) is 6.93. The van der Waals surface area contributed by atoms with Gasteiger partial charge in [-0.15, -0.1) is 0 Å². The van der Waals surface area contributed by atoms with Gasteiger partial charge in [0.1, 0.15) is 17.4 Å². The molecular weight excluding hydrogens is 356 g/mol. The molecule has 23 heavy (non-hydrogen) atoms. The number of hydrogen-bond donors (Lipinski definition) is 2. The standard InChI is InChI=1S/C17H17BrN4O/c1-23-13-5-2-11(3-6-13)10-20-17-14-8-12(18)4-7-15(14)21-16(9-19)22-17/h2-8H,9-10,19H2,1H3,(H,20,21,22). The van der Waals surface area contributed by atoms with Gasteiger partial charge in [0.15, 0.2) is 0 Å². The van der Waals surface area contributed by atoms with Gasteiger partial charge < -0.3 is 15.8 Å². The van der Waals surface area contributed by atoms with Crippen LogP contribution in [0.4, 0.5) is 5.82 Å². The highest BCUT2D eigenvalue weighted by Gasteiger charge is 2.08. The molecule has 5 nitrogen and oxygen atoms in total. The van der Waals surface area contributed by atoms with E-state index < -0.39 is 0 Å². The molecule has 0 amide bonds. The molecule has 0 aliphatic carbocycles. The van der Waals surface area contributed by atoms with Crippen molar-refractivity contribution in [3.05, 3.63) is 58.3 Å². The first kappa shape index (κ1) is 15.7. The average Bonchev–Trinajstić information content (AvgIpc) is 2.60. The van der Waals surface area contributed by atoms with Crippen LogP contribution >= 0.6 is 15.9 Å². The number of nitrogens with one attached hydrogen (secondary N) is 1. The lowest BCUT2D eigenvalue weighted by Crippen LogP contribution is -2.08. The van der Waals surface area contributed by atoms with Crippen molar-refractivity contribution < 1.29 is 4.74 Å². The summed E-state index contributed by atoms with van der Waals surface area (Å²) < 4.78 is 6.16. The van der Waals surface area contributed by atoms with E-state index in [0.717, 1.165) is 32.5 Å². The second-order valence-electron chi connectivity index (χ2n) is 5.06. The molecule has 3 aromatic rings. The van der Waals surface area contributed by atoms with Gasteiger partial charge in [0, 0.05) is 16.4 Å². The number of benzene rings is 2. The number of fused-ring (bicyclic) bond motifs is 1. The number of halogens is 1. The predicted molar refractivity (Wildman–Crippen MR) is 95.5 cm³/mol. The van der Waals surface area contributed by atoms with Gasteiger partial charge in [-0.25, -0.2) is 9.97 Å². The van der Waals surface area contributed by atoms with Crippen LogP contribution in [0.15, 0.2) is 46.9 Å². The van der Waals surface area contributed by atoms with Gasteiger partial charge in [-0.05, 0) is 35.9 Å². The Morgan fingerprint density at radius 3 is 2.61 bits per heavy atom. The summed E-state index contributed by atoms with van der Waals surface area (Å²) in [6.45, 7) is 0.968. The number of rotatable bonds is 5. The normalized spacial score (nSPS) is 10.7. The number of nitrogens with two attached hydrogens (primary N) is 1. The van der Waals surface area contributed by atoms with Crippen LogP contribution < -0.4 is 15.8 Å².